The van der Waals surface area contributed by atoms with E-state index in [4.69, 9.17) is 11.6 Å². The van der Waals surface area contributed by atoms with Gasteiger partial charge in [-0.15, -0.1) is 0 Å². The van der Waals surface area contributed by atoms with Crippen LogP contribution < -0.4 is 0 Å². The molecule has 1 unspecified atom stereocenters. The van der Waals surface area contributed by atoms with Crippen molar-refractivity contribution in [3.05, 3.63) is 64.7 Å². The van der Waals surface area contributed by atoms with Crippen LogP contribution in [0.25, 0.3) is 0 Å². The highest BCUT2D eigenvalue weighted by Gasteiger charge is 2.07. The van der Waals surface area contributed by atoms with Gasteiger partial charge in [0.25, 0.3) is 0 Å². The Morgan fingerprint density at radius 2 is 1.59 bits per heavy atom. The van der Waals surface area contributed by atoms with Gasteiger partial charge in [-0.1, -0.05) is 35.9 Å². The number of benzene rings is 2. The number of rotatable bonds is 3. The van der Waals surface area contributed by atoms with E-state index in [1.54, 1.807) is 12.1 Å². The summed E-state index contributed by atoms with van der Waals surface area (Å²) in [7, 11) is 0. The Labute approximate surface area is 111 Å². The van der Waals surface area contributed by atoms with Gasteiger partial charge in [-0.25, -0.2) is 0 Å². The standard InChI is InChI=1S/C14H13ClOS/c15-12-5-1-10(2-6-12)9-14(17)11-3-7-13(16)8-4-11/h1-8,14,16-17H,9H2. The first-order valence-corrected chi connectivity index (χ1v) is 6.26. The first-order chi connectivity index (χ1) is 8.15. The minimum Gasteiger partial charge on any atom is -0.508 e. The molecular weight excluding hydrogens is 252 g/mol. The maximum atomic E-state index is 9.22. The normalized spacial score (nSPS) is 12.4. The maximum absolute atomic E-state index is 9.22. The molecule has 1 atom stereocenters. The summed E-state index contributed by atoms with van der Waals surface area (Å²) in [5.41, 5.74) is 2.29. The Kier molecular flexibility index (Phi) is 3.97. The summed E-state index contributed by atoms with van der Waals surface area (Å²) < 4.78 is 0. The van der Waals surface area contributed by atoms with Gasteiger partial charge in [0.2, 0.25) is 0 Å². The SMILES string of the molecule is Oc1ccc(C(S)Cc2ccc(Cl)cc2)cc1. The smallest absolute Gasteiger partial charge is 0.115 e. The number of hydrogen-bond acceptors (Lipinski definition) is 2. The molecule has 2 aromatic rings. The van der Waals surface area contributed by atoms with Crippen molar-refractivity contribution in [3.63, 3.8) is 0 Å². The van der Waals surface area contributed by atoms with Crippen molar-refractivity contribution in [2.75, 3.05) is 0 Å². The van der Waals surface area contributed by atoms with Crippen LogP contribution in [0.2, 0.25) is 5.02 Å². The van der Waals surface area contributed by atoms with E-state index in [2.05, 4.69) is 12.6 Å². The molecule has 2 rings (SSSR count). The van der Waals surface area contributed by atoms with E-state index in [0.717, 1.165) is 17.0 Å². The van der Waals surface area contributed by atoms with Gasteiger partial charge in [-0.05, 0) is 41.8 Å². The molecule has 0 saturated heterocycles. The molecule has 0 bridgehead atoms. The molecule has 3 heteroatoms. The molecular formula is C14H13ClOS. The van der Waals surface area contributed by atoms with Crippen molar-refractivity contribution in [2.45, 2.75) is 11.7 Å². The van der Waals surface area contributed by atoms with Crippen molar-refractivity contribution in [3.8, 4) is 5.75 Å². The van der Waals surface area contributed by atoms with Crippen LogP contribution >= 0.6 is 24.2 Å². The molecule has 0 heterocycles. The van der Waals surface area contributed by atoms with Gasteiger partial charge in [-0.2, -0.15) is 12.6 Å². The lowest BCUT2D eigenvalue weighted by molar-refractivity contribution is 0.475. The quantitative estimate of drug-likeness (QED) is 0.794. The molecule has 2 aromatic carbocycles. The molecule has 1 N–H and O–H groups in total. The average Bonchev–Trinajstić information content (AvgIpc) is 2.33. The second-order valence-electron chi connectivity index (χ2n) is 3.94. The highest BCUT2D eigenvalue weighted by atomic mass is 35.5. The molecule has 0 aliphatic rings. The van der Waals surface area contributed by atoms with Gasteiger partial charge in [-0.3, -0.25) is 0 Å². The predicted octanol–water partition coefficient (Wildman–Crippen LogP) is 4.26. The summed E-state index contributed by atoms with van der Waals surface area (Å²) in [6.45, 7) is 0. The number of thiol groups is 1. The Morgan fingerprint density at radius 1 is 1.00 bits per heavy atom. The van der Waals surface area contributed by atoms with Crippen LogP contribution in [0.15, 0.2) is 48.5 Å². The fourth-order valence-electron chi connectivity index (χ4n) is 1.66. The second kappa shape index (κ2) is 5.48. The topological polar surface area (TPSA) is 20.2 Å². The molecule has 0 radical (unpaired) electrons. The third-order valence-corrected chi connectivity index (χ3v) is 3.35. The van der Waals surface area contributed by atoms with Crippen molar-refractivity contribution in [2.24, 2.45) is 0 Å². The van der Waals surface area contributed by atoms with Crippen LogP contribution in [0, 0.1) is 0 Å². The molecule has 0 amide bonds. The summed E-state index contributed by atoms with van der Waals surface area (Å²) in [5.74, 6) is 0.278. The van der Waals surface area contributed by atoms with E-state index in [1.165, 1.54) is 5.56 Å². The Balaban J connectivity index is 2.08. The molecule has 88 valence electrons. The number of phenols is 1. The monoisotopic (exact) mass is 264 g/mol. The number of aromatic hydroxyl groups is 1. The van der Waals surface area contributed by atoms with Gasteiger partial charge >= 0.3 is 0 Å². The first kappa shape index (κ1) is 12.3. The molecule has 0 aliphatic carbocycles. The zero-order valence-electron chi connectivity index (χ0n) is 9.18. The Hall–Kier alpha value is -1.12. The van der Waals surface area contributed by atoms with Crippen LogP contribution in [-0.4, -0.2) is 5.11 Å². The molecule has 0 saturated carbocycles. The lowest BCUT2D eigenvalue weighted by Gasteiger charge is -2.11. The maximum Gasteiger partial charge on any atom is 0.115 e. The second-order valence-corrected chi connectivity index (χ2v) is 5.00. The molecule has 1 nitrogen and oxygen atoms in total. The van der Waals surface area contributed by atoms with E-state index in [-0.39, 0.29) is 11.0 Å². The summed E-state index contributed by atoms with van der Waals surface area (Å²) >= 11 is 10.4. The fraction of sp³-hybridized carbons (Fsp3) is 0.143. The predicted molar refractivity (Wildman–Crippen MR) is 75.0 cm³/mol. The van der Waals surface area contributed by atoms with Crippen LogP contribution in [0.3, 0.4) is 0 Å². The Bertz CT molecular complexity index is 479. The molecule has 0 aromatic heterocycles. The summed E-state index contributed by atoms with van der Waals surface area (Å²) in [5, 5.41) is 10.1. The highest BCUT2D eigenvalue weighted by Crippen LogP contribution is 2.26. The minimum absolute atomic E-state index is 0.122. The molecule has 17 heavy (non-hydrogen) atoms. The zero-order valence-corrected chi connectivity index (χ0v) is 10.8. The van der Waals surface area contributed by atoms with Crippen molar-refractivity contribution in [1.29, 1.82) is 0 Å². The van der Waals surface area contributed by atoms with Crippen molar-refractivity contribution in [1.82, 2.24) is 0 Å². The van der Waals surface area contributed by atoms with Crippen molar-refractivity contribution >= 4 is 24.2 Å². The van der Waals surface area contributed by atoms with Gasteiger partial charge < -0.3 is 5.11 Å². The van der Waals surface area contributed by atoms with Crippen LogP contribution in [0.1, 0.15) is 16.4 Å². The number of hydrogen-bond donors (Lipinski definition) is 2. The van der Waals surface area contributed by atoms with E-state index in [9.17, 15) is 5.11 Å². The van der Waals surface area contributed by atoms with Crippen LogP contribution in [-0.2, 0) is 6.42 Å². The Morgan fingerprint density at radius 3 is 2.18 bits per heavy atom. The van der Waals surface area contributed by atoms with Crippen LogP contribution in [0.5, 0.6) is 5.75 Å². The molecule has 0 fully saturated rings. The first-order valence-electron chi connectivity index (χ1n) is 5.36. The minimum atomic E-state index is 0.122. The lowest BCUT2D eigenvalue weighted by atomic mass is 10.0. The summed E-state index contributed by atoms with van der Waals surface area (Å²) in [6, 6.07) is 14.9. The van der Waals surface area contributed by atoms with Crippen LogP contribution in [0.4, 0.5) is 0 Å². The largest absolute Gasteiger partial charge is 0.508 e. The summed E-state index contributed by atoms with van der Waals surface area (Å²) in [6.07, 6.45) is 0.838. The van der Waals surface area contributed by atoms with Gasteiger partial charge in [0.1, 0.15) is 5.75 Å². The number of phenolic OH excluding ortho intramolecular Hbond substituents is 1. The van der Waals surface area contributed by atoms with Gasteiger partial charge in [0.05, 0.1) is 0 Å². The zero-order chi connectivity index (χ0) is 12.3. The molecule has 0 spiro atoms. The van der Waals surface area contributed by atoms with E-state index in [1.807, 2.05) is 36.4 Å². The summed E-state index contributed by atoms with van der Waals surface area (Å²) in [4.78, 5) is 0. The van der Waals surface area contributed by atoms with Gasteiger partial charge in [0.15, 0.2) is 0 Å². The third kappa shape index (κ3) is 3.42. The molecule has 0 aliphatic heterocycles. The average molecular weight is 265 g/mol. The van der Waals surface area contributed by atoms with E-state index < -0.39 is 0 Å². The van der Waals surface area contributed by atoms with E-state index in [0.29, 0.717) is 0 Å². The fourth-order valence-corrected chi connectivity index (χ4v) is 2.17. The van der Waals surface area contributed by atoms with Gasteiger partial charge in [0, 0.05) is 10.3 Å². The third-order valence-electron chi connectivity index (χ3n) is 2.62. The highest BCUT2D eigenvalue weighted by molar-refractivity contribution is 7.80. The van der Waals surface area contributed by atoms with E-state index >= 15 is 0 Å². The van der Waals surface area contributed by atoms with Crippen molar-refractivity contribution < 1.29 is 5.11 Å². The number of halogens is 1. The lowest BCUT2D eigenvalue weighted by Crippen LogP contribution is -1.95.